The Hall–Kier alpha value is -2.02. The second-order valence-corrected chi connectivity index (χ2v) is 4.45. The first-order valence-electron chi connectivity index (χ1n) is 6.08. The number of aryl methyl sites for hydroxylation is 2. The Morgan fingerprint density at radius 2 is 1.39 bits per heavy atom. The van der Waals surface area contributed by atoms with E-state index in [0.717, 1.165) is 5.75 Å². The zero-order valence-electron chi connectivity index (χ0n) is 11.1. The first kappa shape index (κ1) is 12.4. The highest BCUT2D eigenvalue weighted by Gasteiger charge is 1.94. The molecule has 1 heteroatoms. The summed E-state index contributed by atoms with van der Waals surface area (Å²) in [7, 11) is 1.68. The highest BCUT2D eigenvalue weighted by Crippen LogP contribution is 2.15. The second kappa shape index (κ2) is 5.54. The van der Waals surface area contributed by atoms with Crippen LogP contribution in [0, 0.1) is 13.8 Å². The van der Waals surface area contributed by atoms with Crippen molar-refractivity contribution in [2.24, 2.45) is 0 Å². The molecule has 0 radical (unpaired) electrons. The van der Waals surface area contributed by atoms with E-state index in [1.165, 1.54) is 22.3 Å². The summed E-state index contributed by atoms with van der Waals surface area (Å²) >= 11 is 0. The minimum absolute atomic E-state index is 0.887. The lowest BCUT2D eigenvalue weighted by Gasteiger charge is -2.01. The molecule has 0 spiro atoms. The van der Waals surface area contributed by atoms with Gasteiger partial charge in [0.05, 0.1) is 7.11 Å². The Morgan fingerprint density at radius 3 is 2.00 bits per heavy atom. The van der Waals surface area contributed by atoms with E-state index in [2.05, 4.69) is 56.3 Å². The summed E-state index contributed by atoms with van der Waals surface area (Å²) in [6.45, 7) is 4.27. The van der Waals surface area contributed by atoms with Crippen LogP contribution in [0.5, 0.6) is 5.75 Å². The van der Waals surface area contributed by atoms with Crippen molar-refractivity contribution in [2.75, 3.05) is 7.11 Å². The molecule has 0 atom stereocenters. The molecule has 0 fully saturated rings. The first-order chi connectivity index (χ1) is 8.69. The summed E-state index contributed by atoms with van der Waals surface area (Å²) in [5.74, 6) is 0.887. The molecule has 0 saturated heterocycles. The van der Waals surface area contributed by atoms with E-state index >= 15 is 0 Å². The minimum atomic E-state index is 0.887. The van der Waals surface area contributed by atoms with Crippen molar-refractivity contribution >= 4 is 12.2 Å². The largest absolute Gasteiger partial charge is 0.497 e. The SMILES string of the molecule is COc1ccc(/C=C/c2ccc(C)c(C)c2)cc1. The summed E-state index contributed by atoms with van der Waals surface area (Å²) in [6.07, 6.45) is 4.25. The van der Waals surface area contributed by atoms with Crippen LogP contribution in [-0.4, -0.2) is 7.11 Å². The van der Waals surface area contributed by atoms with E-state index in [1.54, 1.807) is 7.11 Å². The number of rotatable bonds is 3. The molecule has 0 heterocycles. The molecule has 0 N–H and O–H groups in total. The van der Waals surface area contributed by atoms with Gasteiger partial charge in [-0.1, -0.05) is 42.5 Å². The van der Waals surface area contributed by atoms with Crippen molar-refractivity contribution in [1.82, 2.24) is 0 Å². The van der Waals surface area contributed by atoms with E-state index < -0.39 is 0 Å². The molecule has 0 aromatic heterocycles. The van der Waals surface area contributed by atoms with E-state index in [0.29, 0.717) is 0 Å². The lowest BCUT2D eigenvalue weighted by molar-refractivity contribution is 0.415. The third-order valence-corrected chi connectivity index (χ3v) is 3.12. The quantitative estimate of drug-likeness (QED) is 0.716. The monoisotopic (exact) mass is 238 g/mol. The molecule has 2 aromatic rings. The third-order valence-electron chi connectivity index (χ3n) is 3.12. The van der Waals surface area contributed by atoms with Crippen LogP contribution in [0.3, 0.4) is 0 Å². The molecule has 0 aliphatic heterocycles. The molecule has 0 bridgehead atoms. The average Bonchev–Trinajstić information content (AvgIpc) is 2.41. The molecule has 92 valence electrons. The second-order valence-electron chi connectivity index (χ2n) is 4.45. The highest BCUT2D eigenvalue weighted by molar-refractivity contribution is 5.70. The molecule has 18 heavy (non-hydrogen) atoms. The molecule has 0 unspecified atom stereocenters. The van der Waals surface area contributed by atoms with Gasteiger partial charge in [-0.05, 0) is 48.2 Å². The van der Waals surface area contributed by atoms with Gasteiger partial charge in [0, 0.05) is 0 Å². The van der Waals surface area contributed by atoms with Crippen LogP contribution in [0.15, 0.2) is 42.5 Å². The summed E-state index contributed by atoms with van der Waals surface area (Å²) in [5.41, 5.74) is 5.06. The van der Waals surface area contributed by atoms with E-state index in [-0.39, 0.29) is 0 Å². The number of methoxy groups -OCH3 is 1. The van der Waals surface area contributed by atoms with Gasteiger partial charge in [-0.25, -0.2) is 0 Å². The van der Waals surface area contributed by atoms with Crippen LogP contribution in [0.1, 0.15) is 22.3 Å². The molecule has 2 aromatic carbocycles. The normalized spacial score (nSPS) is 10.8. The van der Waals surface area contributed by atoms with E-state index in [9.17, 15) is 0 Å². The van der Waals surface area contributed by atoms with Gasteiger partial charge < -0.3 is 4.74 Å². The van der Waals surface area contributed by atoms with Crippen LogP contribution < -0.4 is 4.74 Å². The fourth-order valence-corrected chi connectivity index (χ4v) is 1.78. The maximum absolute atomic E-state index is 5.14. The zero-order chi connectivity index (χ0) is 13.0. The van der Waals surface area contributed by atoms with E-state index in [4.69, 9.17) is 4.74 Å². The summed E-state index contributed by atoms with van der Waals surface area (Å²) in [5, 5.41) is 0. The number of benzene rings is 2. The Balaban J connectivity index is 2.16. The van der Waals surface area contributed by atoms with Crippen molar-refractivity contribution < 1.29 is 4.74 Å². The van der Waals surface area contributed by atoms with Crippen molar-refractivity contribution in [3.8, 4) is 5.75 Å². The van der Waals surface area contributed by atoms with E-state index in [1.807, 2.05) is 12.1 Å². The van der Waals surface area contributed by atoms with Gasteiger partial charge in [0.25, 0.3) is 0 Å². The minimum Gasteiger partial charge on any atom is -0.497 e. The first-order valence-corrected chi connectivity index (χ1v) is 6.08. The maximum Gasteiger partial charge on any atom is 0.118 e. The number of hydrogen-bond donors (Lipinski definition) is 0. The molecule has 0 aliphatic carbocycles. The summed E-state index contributed by atoms with van der Waals surface area (Å²) in [6, 6.07) is 14.5. The van der Waals surface area contributed by atoms with Crippen LogP contribution in [-0.2, 0) is 0 Å². The molecular weight excluding hydrogens is 220 g/mol. The highest BCUT2D eigenvalue weighted by atomic mass is 16.5. The zero-order valence-corrected chi connectivity index (χ0v) is 11.1. The molecule has 2 rings (SSSR count). The molecule has 0 aliphatic rings. The summed E-state index contributed by atoms with van der Waals surface area (Å²) in [4.78, 5) is 0. The Kier molecular flexibility index (Phi) is 3.83. The molecular formula is C17H18O. The smallest absolute Gasteiger partial charge is 0.118 e. The standard InChI is InChI=1S/C17H18O/c1-13-4-5-16(12-14(13)2)7-6-15-8-10-17(18-3)11-9-15/h4-12H,1-3H3/b7-6+. The van der Waals surface area contributed by atoms with Crippen LogP contribution in [0.2, 0.25) is 0 Å². The fraction of sp³-hybridized carbons (Fsp3) is 0.176. The van der Waals surface area contributed by atoms with Gasteiger partial charge in [0.2, 0.25) is 0 Å². The van der Waals surface area contributed by atoms with Crippen LogP contribution >= 0.6 is 0 Å². The molecule has 0 amide bonds. The number of hydrogen-bond acceptors (Lipinski definition) is 1. The van der Waals surface area contributed by atoms with Crippen molar-refractivity contribution in [1.29, 1.82) is 0 Å². The third kappa shape index (κ3) is 3.01. The maximum atomic E-state index is 5.14. The predicted octanol–water partition coefficient (Wildman–Crippen LogP) is 4.48. The van der Waals surface area contributed by atoms with Crippen molar-refractivity contribution in [3.63, 3.8) is 0 Å². The molecule has 1 nitrogen and oxygen atoms in total. The molecule has 0 saturated carbocycles. The van der Waals surface area contributed by atoms with Crippen molar-refractivity contribution in [2.45, 2.75) is 13.8 Å². The van der Waals surface area contributed by atoms with Gasteiger partial charge in [0.1, 0.15) is 5.75 Å². The summed E-state index contributed by atoms with van der Waals surface area (Å²) < 4.78 is 5.14. The van der Waals surface area contributed by atoms with Crippen molar-refractivity contribution in [3.05, 3.63) is 64.7 Å². The van der Waals surface area contributed by atoms with Gasteiger partial charge >= 0.3 is 0 Å². The lowest BCUT2D eigenvalue weighted by Crippen LogP contribution is -1.82. The van der Waals surface area contributed by atoms with Gasteiger partial charge in [0.15, 0.2) is 0 Å². The lowest BCUT2D eigenvalue weighted by atomic mass is 10.1. The van der Waals surface area contributed by atoms with Gasteiger partial charge in [-0.15, -0.1) is 0 Å². The Labute approximate surface area is 109 Å². The van der Waals surface area contributed by atoms with Gasteiger partial charge in [-0.2, -0.15) is 0 Å². The van der Waals surface area contributed by atoms with Crippen LogP contribution in [0.25, 0.3) is 12.2 Å². The fourth-order valence-electron chi connectivity index (χ4n) is 1.78. The topological polar surface area (TPSA) is 9.23 Å². The average molecular weight is 238 g/mol. The number of ether oxygens (including phenoxy) is 1. The Morgan fingerprint density at radius 1 is 0.778 bits per heavy atom. The van der Waals surface area contributed by atoms with Crippen LogP contribution in [0.4, 0.5) is 0 Å². The Bertz CT molecular complexity index is 550. The van der Waals surface area contributed by atoms with Gasteiger partial charge in [-0.3, -0.25) is 0 Å². The predicted molar refractivity (Wildman–Crippen MR) is 77.8 cm³/mol.